The number of hydrogen-bond acceptors (Lipinski definition) is 41. The summed E-state index contributed by atoms with van der Waals surface area (Å²) in [6.07, 6.45) is -74.4. The quantitative estimate of drug-likeness (QED) is 0.0427. The molecule has 43 heteroatoms. The summed E-state index contributed by atoms with van der Waals surface area (Å²) in [7, 11) is 0. The lowest BCUT2D eigenvalue weighted by molar-refractivity contribution is -0.388. The van der Waals surface area contributed by atoms with E-state index in [2.05, 4.69) is 10.6 Å². The maximum absolute atomic E-state index is 12.7. The normalized spacial score (nSPS) is 50.8. The lowest BCUT2D eigenvalue weighted by atomic mass is 9.94. The molecule has 0 aromatic heterocycles. The first-order chi connectivity index (χ1) is 45.0. The molecule has 0 aliphatic carbocycles. The zero-order valence-electron chi connectivity index (χ0n) is 50.4. The fraction of sp³-hybridized carbons (Fsp3) is 0.962. The second kappa shape index (κ2) is 33.9. The summed E-state index contributed by atoms with van der Waals surface area (Å²) in [6, 6.07) is -3.52. The smallest absolute Gasteiger partial charge is 0.217 e. The van der Waals surface area contributed by atoms with Crippen molar-refractivity contribution in [3.8, 4) is 0 Å². The Bertz CT molecular complexity index is 2380. The SMILES string of the molecule is CC(=O)N[C@@H]1[C@@H](O[C@@H]2O[C@H](CO)[C@H](O[C@H]3O[C@H](CO)[C@H](O)[C@H](O[C@H]4O[C@H](CO)[C@H](O)[C@H](O)[C@H]4O)[C@H]3O)[C@H](O)[C@H]2O)[C@@H](O)[C@@H](CO[C@@H]2O[C@H](CO)[C@@H](O[C@@H]3O[C@H](CO)[C@H](O[C@H]4O[C@H](CO)[C@H](O)[C@H](O[C@H]5O[C@H](CO)[C@H](O)[C@H](O)[C@H]5O)[C@H]4O)[C@H](O)[C@H]3O)[C@H](O)[C@H]2NC(C)=O)O[C@@H]1O. The number of aliphatic hydroxyl groups excluding tert-OH is 24. The van der Waals surface area contributed by atoms with Crippen molar-refractivity contribution in [3.63, 3.8) is 0 Å². The fourth-order valence-electron chi connectivity index (χ4n) is 12.2. The van der Waals surface area contributed by atoms with Gasteiger partial charge in [0.1, 0.15) is 195 Å². The maximum atomic E-state index is 12.7. The van der Waals surface area contributed by atoms with E-state index in [4.69, 9.17) is 71.1 Å². The van der Waals surface area contributed by atoms with Gasteiger partial charge in [0.2, 0.25) is 11.8 Å². The van der Waals surface area contributed by atoms with E-state index in [9.17, 15) is 132 Å². The number of hydrogen-bond donors (Lipinski definition) is 26. The molecule has 0 aromatic rings. The number of carbonyl (C=O) groups is 2. The van der Waals surface area contributed by atoms with Gasteiger partial charge in [-0.15, -0.1) is 0 Å². The van der Waals surface area contributed by atoms with E-state index in [0.29, 0.717) is 0 Å². The summed E-state index contributed by atoms with van der Waals surface area (Å²) in [5, 5.41) is 264. The molecule has 8 fully saturated rings. The number of amides is 2. The Labute approximate surface area is 536 Å². The third kappa shape index (κ3) is 16.8. The minimum atomic E-state index is -2.29. The monoisotopic (exact) mass is 1400 g/mol. The Kier molecular flexibility index (Phi) is 27.9. The van der Waals surface area contributed by atoms with Crippen LogP contribution in [0.25, 0.3) is 0 Å². The van der Waals surface area contributed by atoms with E-state index < -0.39 is 310 Å². The van der Waals surface area contributed by atoms with Gasteiger partial charge in [-0.05, 0) is 0 Å². The van der Waals surface area contributed by atoms with Crippen LogP contribution in [0.15, 0.2) is 0 Å². The zero-order valence-corrected chi connectivity index (χ0v) is 50.4. The van der Waals surface area contributed by atoms with E-state index >= 15 is 0 Å². The first kappa shape index (κ1) is 78.1. The van der Waals surface area contributed by atoms with Crippen LogP contribution in [0.1, 0.15) is 13.8 Å². The van der Waals surface area contributed by atoms with Crippen LogP contribution in [0.2, 0.25) is 0 Å². The molecule has 43 nitrogen and oxygen atoms in total. The summed E-state index contributed by atoms with van der Waals surface area (Å²) >= 11 is 0. The third-order valence-corrected chi connectivity index (χ3v) is 17.4. The van der Waals surface area contributed by atoms with Crippen molar-refractivity contribution >= 4 is 11.8 Å². The highest BCUT2D eigenvalue weighted by Gasteiger charge is 2.59. The average Bonchev–Trinajstić information content (AvgIpc) is 0.783. The Morgan fingerprint density at radius 2 is 0.547 bits per heavy atom. The lowest BCUT2D eigenvalue weighted by Crippen LogP contribution is -2.69. The van der Waals surface area contributed by atoms with E-state index in [1.54, 1.807) is 0 Å². The van der Waals surface area contributed by atoms with Crippen LogP contribution in [0.5, 0.6) is 0 Å². The number of rotatable bonds is 24. The van der Waals surface area contributed by atoms with Crippen molar-refractivity contribution in [2.75, 3.05) is 52.9 Å². The van der Waals surface area contributed by atoms with E-state index in [1.165, 1.54) is 0 Å². The Hall–Kier alpha value is -2.62. The Morgan fingerprint density at radius 1 is 0.274 bits per heavy atom. The molecule has 95 heavy (non-hydrogen) atoms. The van der Waals surface area contributed by atoms with Crippen LogP contribution in [-0.4, -0.2) is 433 Å². The molecule has 8 aliphatic rings. The summed E-state index contributed by atoms with van der Waals surface area (Å²) in [4.78, 5) is 25.1. The van der Waals surface area contributed by atoms with Crippen LogP contribution in [0.4, 0.5) is 0 Å². The number of aliphatic hydroxyl groups is 24. The first-order valence-electron chi connectivity index (χ1n) is 30.1. The molecule has 2 amide bonds. The Balaban J connectivity index is 0.918. The van der Waals surface area contributed by atoms with Crippen molar-refractivity contribution < 1.29 is 203 Å². The molecule has 0 saturated carbocycles. The molecule has 8 saturated heterocycles. The molecular weight excluding hydrogens is 1310 g/mol. The van der Waals surface area contributed by atoms with Gasteiger partial charge in [-0.1, -0.05) is 0 Å². The fourth-order valence-corrected chi connectivity index (χ4v) is 12.2. The number of carbonyl (C=O) groups excluding carboxylic acids is 2. The minimum absolute atomic E-state index is 0.854. The molecule has 0 spiro atoms. The van der Waals surface area contributed by atoms with Crippen LogP contribution < -0.4 is 10.6 Å². The van der Waals surface area contributed by atoms with Crippen LogP contribution in [0, 0.1) is 0 Å². The van der Waals surface area contributed by atoms with Gasteiger partial charge >= 0.3 is 0 Å². The van der Waals surface area contributed by atoms with Gasteiger partial charge in [-0.2, -0.15) is 0 Å². The highest BCUT2D eigenvalue weighted by molar-refractivity contribution is 5.73. The van der Waals surface area contributed by atoms with Gasteiger partial charge in [0.25, 0.3) is 0 Å². The molecule has 8 aliphatic heterocycles. The predicted octanol–water partition coefficient (Wildman–Crippen LogP) is -18.2. The summed E-state index contributed by atoms with van der Waals surface area (Å²) in [5.41, 5.74) is 0. The molecule has 40 atom stereocenters. The number of nitrogens with one attached hydrogen (secondary N) is 2. The highest BCUT2D eigenvalue weighted by atomic mass is 16.8. The van der Waals surface area contributed by atoms with Crippen molar-refractivity contribution in [2.24, 2.45) is 0 Å². The molecule has 552 valence electrons. The third-order valence-electron chi connectivity index (χ3n) is 17.4. The van der Waals surface area contributed by atoms with E-state index in [1.807, 2.05) is 0 Å². The topological polar surface area (TPSA) is 682 Å². The van der Waals surface area contributed by atoms with Crippen molar-refractivity contribution in [1.82, 2.24) is 10.6 Å². The van der Waals surface area contributed by atoms with Crippen molar-refractivity contribution in [2.45, 2.75) is 259 Å². The largest absolute Gasteiger partial charge is 0.394 e. The lowest BCUT2D eigenvalue weighted by Gasteiger charge is -2.50. The minimum Gasteiger partial charge on any atom is -0.394 e. The van der Waals surface area contributed by atoms with Gasteiger partial charge < -0.3 is 204 Å². The van der Waals surface area contributed by atoms with Crippen LogP contribution >= 0.6 is 0 Å². The highest BCUT2D eigenvalue weighted by Crippen LogP contribution is 2.38. The Morgan fingerprint density at radius 3 is 0.905 bits per heavy atom. The zero-order chi connectivity index (χ0) is 69.9. The molecule has 0 aromatic carbocycles. The van der Waals surface area contributed by atoms with Gasteiger partial charge in [0, 0.05) is 13.8 Å². The van der Waals surface area contributed by atoms with Crippen molar-refractivity contribution in [3.05, 3.63) is 0 Å². The molecule has 8 heterocycles. The average molecular weight is 1400 g/mol. The molecule has 0 bridgehead atoms. The second-order valence-corrected chi connectivity index (χ2v) is 23.9. The van der Waals surface area contributed by atoms with Gasteiger partial charge in [-0.3, -0.25) is 9.59 Å². The molecular formula is C52H88N2O41. The van der Waals surface area contributed by atoms with Crippen molar-refractivity contribution in [1.29, 1.82) is 0 Å². The van der Waals surface area contributed by atoms with Crippen LogP contribution in [0.3, 0.4) is 0 Å². The van der Waals surface area contributed by atoms with Crippen LogP contribution in [-0.2, 0) is 80.6 Å². The van der Waals surface area contributed by atoms with Gasteiger partial charge in [0.15, 0.2) is 50.3 Å². The maximum Gasteiger partial charge on any atom is 0.217 e. The molecule has 26 N–H and O–H groups in total. The number of ether oxygens (including phenoxy) is 15. The summed E-state index contributed by atoms with van der Waals surface area (Å²) < 4.78 is 85.0. The standard InChI is InChI=1S/C52H88N2O41/c1-11(62)53-21-28(69)39(90-49-35(76)31(72)40(18(8-60)88-49)91-51-37(78)43(25(66)15(5-57)85-51)94-47-33(74)29(70)23(64)13(3-55)83-47)17(7-59)87-46(21)81-10-20-27(68)42(22(45(80)82-20)54-12(2)63)93-50-36(77)32(73)41(19(9-61)89-50)92-52-38(79)44(26(67)16(6-58)86-52)95-48-34(75)30(71)24(65)14(4-56)84-48/h13-52,55-61,64-80H,3-10H2,1-2H3,(H,53,62)(H,54,63)/t13-,14-,15-,16-,17-,18-,19-,20-,21-,22-,23+,24+,25+,26+,27+,28-,29+,30+,31-,32-,33-,34-,35-,36-,37-,38-,39-,40+,41+,42-,43+,44+,45+,46-,47-,48-,49+,50+,51-,52-/m1/s1. The first-order valence-corrected chi connectivity index (χ1v) is 30.1. The predicted molar refractivity (Wildman–Crippen MR) is 288 cm³/mol. The molecule has 0 unspecified atom stereocenters. The molecule has 0 radical (unpaired) electrons. The van der Waals surface area contributed by atoms with E-state index in [0.717, 1.165) is 13.8 Å². The second-order valence-electron chi connectivity index (χ2n) is 23.9. The summed E-state index contributed by atoms with van der Waals surface area (Å²) in [6.45, 7) is -5.95. The molecule has 8 rings (SSSR count). The summed E-state index contributed by atoms with van der Waals surface area (Å²) in [5.74, 6) is -1.72. The van der Waals surface area contributed by atoms with Gasteiger partial charge in [0.05, 0.1) is 52.9 Å². The van der Waals surface area contributed by atoms with E-state index in [-0.39, 0.29) is 0 Å². The van der Waals surface area contributed by atoms with Gasteiger partial charge in [-0.25, -0.2) is 0 Å².